The van der Waals surface area contributed by atoms with Crippen molar-refractivity contribution in [2.24, 2.45) is 5.73 Å². The van der Waals surface area contributed by atoms with E-state index < -0.39 is 15.6 Å². The third-order valence-corrected chi connectivity index (χ3v) is 4.83. The van der Waals surface area contributed by atoms with Crippen molar-refractivity contribution in [2.45, 2.75) is 31.2 Å². The number of nitrogens with one attached hydrogen (secondary N) is 2. The molecule has 0 saturated heterocycles. The van der Waals surface area contributed by atoms with Gasteiger partial charge in [-0.2, -0.15) is 0 Å². The Labute approximate surface area is 160 Å². The van der Waals surface area contributed by atoms with E-state index in [0.717, 1.165) is 5.56 Å². The second-order valence-corrected chi connectivity index (χ2v) is 8.32. The first-order valence-corrected chi connectivity index (χ1v) is 9.32. The van der Waals surface area contributed by atoms with Crippen LogP contribution in [0.25, 0.3) is 0 Å². The molecule has 0 saturated carbocycles. The van der Waals surface area contributed by atoms with Crippen molar-refractivity contribution in [3.8, 4) is 0 Å². The maximum absolute atomic E-state index is 12.5. The van der Waals surface area contributed by atoms with E-state index in [2.05, 4.69) is 10.0 Å². The Hall–Kier alpha value is -2.09. The second-order valence-electron chi connectivity index (χ2n) is 6.64. The zero-order valence-corrected chi connectivity index (χ0v) is 16.6. The average Bonchev–Trinajstić information content (AvgIpc) is 2.52. The highest BCUT2D eigenvalue weighted by Gasteiger charge is 2.19. The van der Waals surface area contributed by atoms with Crippen LogP contribution in [-0.2, 0) is 10.0 Å². The summed E-state index contributed by atoms with van der Waals surface area (Å²) in [6, 6.07) is 12.9. The lowest BCUT2D eigenvalue weighted by Gasteiger charge is -2.19. The highest BCUT2D eigenvalue weighted by molar-refractivity contribution is 7.92. The molecule has 0 bridgehead atoms. The Bertz CT molecular complexity index is 860. The molecule has 0 heterocycles. The molecule has 2 aromatic rings. The molecule has 0 aliphatic heterocycles. The number of carbonyl (C=O) groups excluding carboxylic acids is 1. The van der Waals surface area contributed by atoms with Crippen molar-refractivity contribution in [1.29, 1.82) is 0 Å². The number of hydrogen-bond acceptors (Lipinski definition) is 4. The third kappa shape index (κ3) is 6.01. The molecular weight excluding hydrogens is 374 g/mol. The van der Waals surface area contributed by atoms with E-state index in [1.54, 1.807) is 50.2 Å². The van der Waals surface area contributed by atoms with Gasteiger partial charge in [-0.25, -0.2) is 8.42 Å². The fraction of sp³-hybridized carbons (Fsp3) is 0.278. The fourth-order valence-corrected chi connectivity index (χ4v) is 3.17. The minimum absolute atomic E-state index is 0. The molecule has 2 rings (SSSR count). The molecule has 0 aliphatic rings. The van der Waals surface area contributed by atoms with Gasteiger partial charge in [0.05, 0.1) is 16.1 Å². The highest BCUT2D eigenvalue weighted by Crippen LogP contribution is 2.20. The average molecular weight is 398 g/mol. The standard InChI is InChI=1S/C18H23N3O3S.ClH/c1-13-8-10-14(11-9-13)25(23,24)21-16-7-5-4-6-15(16)17(22)20-12-18(2,3)19;/h4-11,21H,12,19H2,1-3H3,(H,20,22);1H. The van der Waals surface area contributed by atoms with Gasteiger partial charge in [-0.05, 0) is 45.0 Å². The second kappa shape index (κ2) is 8.53. The van der Waals surface area contributed by atoms with Crippen LogP contribution < -0.4 is 15.8 Å². The van der Waals surface area contributed by atoms with Gasteiger partial charge in [0.15, 0.2) is 0 Å². The number of amides is 1. The predicted molar refractivity (Wildman–Crippen MR) is 106 cm³/mol. The molecule has 1 amide bonds. The lowest BCUT2D eigenvalue weighted by atomic mass is 10.1. The summed E-state index contributed by atoms with van der Waals surface area (Å²) in [5.41, 5.74) is 6.72. The van der Waals surface area contributed by atoms with Crippen molar-refractivity contribution in [3.05, 3.63) is 59.7 Å². The molecule has 4 N–H and O–H groups in total. The molecule has 0 radical (unpaired) electrons. The van der Waals surface area contributed by atoms with Crippen LogP contribution in [0.4, 0.5) is 5.69 Å². The molecule has 2 aromatic carbocycles. The highest BCUT2D eigenvalue weighted by atomic mass is 35.5. The quantitative estimate of drug-likeness (QED) is 0.697. The monoisotopic (exact) mass is 397 g/mol. The van der Waals surface area contributed by atoms with Gasteiger partial charge in [0.25, 0.3) is 15.9 Å². The molecule has 0 aliphatic carbocycles. The maximum Gasteiger partial charge on any atom is 0.261 e. The number of nitrogens with two attached hydrogens (primary N) is 1. The first kappa shape index (κ1) is 22.0. The van der Waals surface area contributed by atoms with Crippen LogP contribution in [0.1, 0.15) is 29.8 Å². The van der Waals surface area contributed by atoms with E-state index in [1.165, 1.54) is 12.1 Å². The van der Waals surface area contributed by atoms with Gasteiger partial charge in [0.1, 0.15) is 0 Å². The number of halogens is 1. The van der Waals surface area contributed by atoms with E-state index in [1.807, 2.05) is 6.92 Å². The summed E-state index contributed by atoms with van der Waals surface area (Å²) in [5.74, 6) is -0.388. The summed E-state index contributed by atoms with van der Waals surface area (Å²) in [6.07, 6.45) is 0. The maximum atomic E-state index is 12.5. The molecular formula is C18H24ClN3O3S. The summed E-state index contributed by atoms with van der Waals surface area (Å²) in [5, 5.41) is 2.71. The van der Waals surface area contributed by atoms with Crippen molar-refractivity contribution in [1.82, 2.24) is 5.32 Å². The first-order valence-electron chi connectivity index (χ1n) is 7.84. The van der Waals surface area contributed by atoms with Crippen LogP contribution in [0.15, 0.2) is 53.4 Å². The normalized spacial score (nSPS) is 11.4. The van der Waals surface area contributed by atoms with Crippen molar-refractivity contribution in [3.63, 3.8) is 0 Å². The number of benzene rings is 2. The third-order valence-electron chi connectivity index (χ3n) is 3.45. The van der Waals surface area contributed by atoms with Crippen molar-refractivity contribution in [2.75, 3.05) is 11.3 Å². The smallest absolute Gasteiger partial charge is 0.261 e. The van der Waals surface area contributed by atoms with Crippen LogP contribution in [0.2, 0.25) is 0 Å². The Morgan fingerprint density at radius 1 is 1.08 bits per heavy atom. The lowest BCUT2D eigenvalue weighted by Crippen LogP contribution is -2.45. The van der Waals surface area contributed by atoms with Gasteiger partial charge in [-0.15, -0.1) is 12.4 Å². The minimum atomic E-state index is -3.78. The topological polar surface area (TPSA) is 101 Å². The molecule has 8 heteroatoms. The van der Waals surface area contributed by atoms with Gasteiger partial charge < -0.3 is 11.1 Å². The Morgan fingerprint density at radius 3 is 2.23 bits per heavy atom. The Morgan fingerprint density at radius 2 is 1.65 bits per heavy atom. The van der Waals surface area contributed by atoms with Crippen LogP contribution in [-0.4, -0.2) is 26.4 Å². The predicted octanol–water partition coefficient (Wildman–Crippen LogP) is 2.68. The number of sulfonamides is 1. The van der Waals surface area contributed by atoms with Gasteiger partial charge >= 0.3 is 0 Å². The summed E-state index contributed by atoms with van der Waals surface area (Å²) in [4.78, 5) is 12.5. The number of para-hydroxylation sites is 1. The minimum Gasteiger partial charge on any atom is -0.350 e. The molecule has 0 unspecified atom stereocenters. The van der Waals surface area contributed by atoms with Crippen LogP contribution in [0.3, 0.4) is 0 Å². The number of carbonyl (C=O) groups is 1. The molecule has 0 fully saturated rings. The van der Waals surface area contributed by atoms with Gasteiger partial charge in [0, 0.05) is 12.1 Å². The Kier molecular flexibility index (Phi) is 7.20. The van der Waals surface area contributed by atoms with Crippen LogP contribution in [0, 0.1) is 6.92 Å². The molecule has 0 atom stereocenters. The van der Waals surface area contributed by atoms with Gasteiger partial charge in [0.2, 0.25) is 0 Å². The summed E-state index contributed by atoms with van der Waals surface area (Å²) in [7, 11) is -3.78. The number of anilines is 1. The lowest BCUT2D eigenvalue weighted by molar-refractivity contribution is 0.0947. The first-order chi connectivity index (χ1) is 11.6. The van der Waals surface area contributed by atoms with Crippen LogP contribution >= 0.6 is 12.4 Å². The summed E-state index contributed by atoms with van der Waals surface area (Å²) in [6.45, 7) is 5.73. The molecule has 0 aromatic heterocycles. The molecule has 6 nitrogen and oxygen atoms in total. The molecule has 26 heavy (non-hydrogen) atoms. The molecule has 142 valence electrons. The van der Waals surface area contributed by atoms with E-state index >= 15 is 0 Å². The fourth-order valence-electron chi connectivity index (χ4n) is 2.09. The van der Waals surface area contributed by atoms with Crippen molar-refractivity contribution >= 4 is 34.0 Å². The van der Waals surface area contributed by atoms with E-state index in [-0.39, 0.29) is 41.0 Å². The number of aryl methyl sites for hydroxylation is 1. The zero-order chi connectivity index (χ0) is 18.7. The van der Waals surface area contributed by atoms with Gasteiger partial charge in [-0.3, -0.25) is 9.52 Å². The van der Waals surface area contributed by atoms with E-state index in [0.29, 0.717) is 0 Å². The summed E-state index contributed by atoms with van der Waals surface area (Å²) < 4.78 is 27.6. The van der Waals surface area contributed by atoms with E-state index in [9.17, 15) is 13.2 Å². The van der Waals surface area contributed by atoms with Crippen molar-refractivity contribution < 1.29 is 13.2 Å². The van der Waals surface area contributed by atoms with Gasteiger partial charge in [-0.1, -0.05) is 29.8 Å². The number of rotatable bonds is 6. The van der Waals surface area contributed by atoms with Crippen LogP contribution in [0.5, 0.6) is 0 Å². The molecule has 0 spiro atoms. The Balaban J connectivity index is 0.00000338. The SMILES string of the molecule is Cc1ccc(S(=O)(=O)Nc2ccccc2C(=O)NCC(C)(C)N)cc1.Cl. The largest absolute Gasteiger partial charge is 0.350 e. The zero-order valence-electron chi connectivity index (χ0n) is 14.9. The number of hydrogen-bond donors (Lipinski definition) is 3. The summed E-state index contributed by atoms with van der Waals surface area (Å²) >= 11 is 0. The van der Waals surface area contributed by atoms with E-state index in [4.69, 9.17) is 5.73 Å².